The largest absolute Gasteiger partial charge is 0.493 e. The van der Waals surface area contributed by atoms with Gasteiger partial charge in [-0.15, -0.1) is 10.2 Å². The monoisotopic (exact) mass is 590 g/mol. The third-order valence-corrected chi connectivity index (χ3v) is 9.71. The zero-order chi connectivity index (χ0) is 28.4. The Morgan fingerprint density at radius 3 is 2.62 bits per heavy atom. The van der Waals surface area contributed by atoms with E-state index in [2.05, 4.69) is 15.2 Å². The van der Waals surface area contributed by atoms with Gasteiger partial charge in [0.05, 0.1) is 27.7 Å². The van der Waals surface area contributed by atoms with Gasteiger partial charge in [0.1, 0.15) is 17.6 Å². The topological polar surface area (TPSA) is 124 Å². The number of H-pyrrole nitrogens is 1. The number of hydrogen-bond donors (Lipinski definition) is 1. The van der Waals surface area contributed by atoms with E-state index in [1.807, 2.05) is 20.8 Å². The predicted octanol–water partition coefficient (Wildman–Crippen LogP) is 4.33. The summed E-state index contributed by atoms with van der Waals surface area (Å²) < 4.78 is 43.4. The van der Waals surface area contributed by atoms with Crippen molar-refractivity contribution in [3.8, 4) is 17.0 Å². The van der Waals surface area contributed by atoms with E-state index in [4.69, 9.17) is 21.1 Å². The normalized spacial score (nSPS) is 15.4. The van der Waals surface area contributed by atoms with Crippen molar-refractivity contribution < 1.29 is 17.9 Å². The maximum Gasteiger partial charge on any atom is 0.335 e. The van der Waals surface area contributed by atoms with Gasteiger partial charge in [-0.2, -0.15) is 4.31 Å². The van der Waals surface area contributed by atoms with Crippen LogP contribution < -0.4 is 10.4 Å². The molecule has 0 atom stereocenters. The molecule has 1 N–H and O–H groups in total. The van der Waals surface area contributed by atoms with E-state index in [9.17, 15) is 13.2 Å². The molecule has 0 bridgehead atoms. The van der Waals surface area contributed by atoms with Crippen molar-refractivity contribution in [1.29, 1.82) is 0 Å². The maximum atomic E-state index is 13.7. The molecule has 1 aromatic carbocycles. The number of hydrogen-bond acceptors (Lipinski definition) is 7. The quantitative estimate of drug-likeness (QED) is 0.258. The number of aryl methyl sites for hydroxylation is 1. The van der Waals surface area contributed by atoms with Crippen LogP contribution in [-0.4, -0.2) is 69.8 Å². The lowest BCUT2D eigenvalue weighted by Crippen LogP contribution is -2.38. The molecule has 0 amide bonds. The molecule has 0 unspecified atom stereocenters. The van der Waals surface area contributed by atoms with E-state index in [-0.39, 0.29) is 15.6 Å². The molecular weight excluding hydrogens is 556 g/mol. The van der Waals surface area contributed by atoms with E-state index < -0.39 is 10.0 Å². The molecule has 0 saturated carbocycles. The summed E-state index contributed by atoms with van der Waals surface area (Å²) >= 11 is 6.95. The van der Waals surface area contributed by atoms with E-state index in [1.165, 1.54) is 10.7 Å². The van der Waals surface area contributed by atoms with Gasteiger partial charge in [0.25, 0.3) is 0 Å². The molecule has 0 radical (unpaired) electrons. The summed E-state index contributed by atoms with van der Waals surface area (Å²) in [5.41, 5.74) is 2.02. The van der Waals surface area contributed by atoms with Crippen molar-refractivity contribution in [2.24, 2.45) is 5.92 Å². The highest BCUT2D eigenvalue weighted by Crippen LogP contribution is 2.41. The Kier molecular flexibility index (Phi) is 8.50. The van der Waals surface area contributed by atoms with Crippen molar-refractivity contribution in [3.63, 3.8) is 0 Å². The summed E-state index contributed by atoms with van der Waals surface area (Å²) in [6.45, 7) is 8.93. The summed E-state index contributed by atoms with van der Waals surface area (Å²) in [7, 11) is -3.76. The van der Waals surface area contributed by atoms with Crippen LogP contribution in [0.25, 0.3) is 27.9 Å². The standard InChI is InChI=1S/C27H35ClN6O5S/c1-4-12-33-25-22(28)23(30-24(25)26-31-29-17-34(26)27(33)35)20-16-19(7-8-21(20)39-6-3)40(36,37)32-13-9-18(10-14-32)11-15-38-5-2/h7-8,16-18,30H,4-6,9-15H2,1-3H3. The number of rotatable bonds is 11. The number of aromatic nitrogens is 5. The second-order valence-corrected chi connectivity index (χ2v) is 12.2. The van der Waals surface area contributed by atoms with E-state index in [0.717, 1.165) is 19.3 Å². The highest BCUT2D eigenvalue weighted by atomic mass is 35.5. The van der Waals surface area contributed by atoms with Gasteiger partial charge >= 0.3 is 5.69 Å². The summed E-state index contributed by atoms with van der Waals surface area (Å²) in [5.74, 6) is 0.931. The molecule has 1 saturated heterocycles. The number of piperidine rings is 1. The van der Waals surface area contributed by atoms with Crippen molar-refractivity contribution >= 4 is 38.3 Å². The number of nitrogens with one attached hydrogen (secondary N) is 1. The van der Waals surface area contributed by atoms with Crippen LogP contribution in [0.2, 0.25) is 5.02 Å². The molecule has 1 aliphatic rings. The first-order chi connectivity index (χ1) is 19.3. The Morgan fingerprint density at radius 2 is 1.93 bits per heavy atom. The fourth-order valence-corrected chi connectivity index (χ4v) is 7.24. The first-order valence-electron chi connectivity index (χ1n) is 13.8. The van der Waals surface area contributed by atoms with E-state index in [0.29, 0.717) is 85.5 Å². The van der Waals surface area contributed by atoms with Crippen LogP contribution in [0.15, 0.2) is 34.2 Å². The van der Waals surface area contributed by atoms with Crippen molar-refractivity contribution in [2.45, 2.75) is 57.9 Å². The Balaban J connectivity index is 1.57. The molecule has 40 heavy (non-hydrogen) atoms. The van der Waals surface area contributed by atoms with Gasteiger partial charge in [-0.05, 0) is 63.6 Å². The summed E-state index contributed by atoms with van der Waals surface area (Å²) in [4.78, 5) is 16.6. The highest BCUT2D eigenvalue weighted by molar-refractivity contribution is 7.89. The number of fused-ring (bicyclic) bond motifs is 3. The van der Waals surface area contributed by atoms with Crippen LogP contribution in [0, 0.1) is 5.92 Å². The molecule has 13 heteroatoms. The number of nitrogens with zero attached hydrogens (tertiary/aromatic N) is 5. The molecule has 216 valence electrons. The van der Waals surface area contributed by atoms with E-state index in [1.54, 1.807) is 27.1 Å². The van der Waals surface area contributed by atoms with Crippen LogP contribution >= 0.6 is 11.6 Å². The van der Waals surface area contributed by atoms with Crippen LogP contribution in [0.4, 0.5) is 0 Å². The lowest BCUT2D eigenvalue weighted by atomic mass is 9.95. The molecule has 4 heterocycles. The third kappa shape index (κ3) is 5.13. The lowest BCUT2D eigenvalue weighted by Gasteiger charge is -2.31. The molecule has 0 spiro atoms. The van der Waals surface area contributed by atoms with Gasteiger partial charge in [-0.1, -0.05) is 18.5 Å². The number of halogens is 1. The minimum atomic E-state index is -3.76. The number of aromatic amines is 1. The molecule has 1 aliphatic heterocycles. The highest BCUT2D eigenvalue weighted by Gasteiger charge is 2.31. The summed E-state index contributed by atoms with van der Waals surface area (Å²) in [6.07, 6.45) is 4.62. The molecule has 0 aliphatic carbocycles. The maximum absolute atomic E-state index is 13.7. The Labute approximate surface area is 238 Å². The van der Waals surface area contributed by atoms with Gasteiger partial charge in [0.2, 0.25) is 10.0 Å². The van der Waals surface area contributed by atoms with Gasteiger partial charge in [-0.3, -0.25) is 4.57 Å². The van der Waals surface area contributed by atoms with Crippen molar-refractivity contribution in [2.75, 3.05) is 32.9 Å². The molecule has 5 rings (SSSR count). The van der Waals surface area contributed by atoms with Gasteiger partial charge < -0.3 is 14.5 Å². The van der Waals surface area contributed by atoms with Crippen LogP contribution in [0.5, 0.6) is 5.75 Å². The number of benzene rings is 1. The zero-order valence-electron chi connectivity index (χ0n) is 23.0. The minimum Gasteiger partial charge on any atom is -0.493 e. The fraction of sp³-hybridized carbons (Fsp3) is 0.519. The second kappa shape index (κ2) is 11.9. The Bertz CT molecular complexity index is 1670. The molecular formula is C27H35ClN6O5S. The molecule has 3 aromatic heterocycles. The van der Waals surface area contributed by atoms with Gasteiger partial charge in [0.15, 0.2) is 5.65 Å². The summed E-state index contributed by atoms with van der Waals surface area (Å²) in [6, 6.07) is 4.83. The van der Waals surface area contributed by atoms with Crippen LogP contribution in [0.3, 0.4) is 0 Å². The smallest absolute Gasteiger partial charge is 0.335 e. The first-order valence-corrected chi connectivity index (χ1v) is 15.6. The van der Waals surface area contributed by atoms with Crippen LogP contribution in [-0.2, 0) is 21.3 Å². The summed E-state index contributed by atoms with van der Waals surface area (Å²) in [5, 5.41) is 8.34. The molecule has 1 fully saturated rings. The third-order valence-electron chi connectivity index (χ3n) is 7.45. The average molecular weight is 591 g/mol. The lowest BCUT2D eigenvalue weighted by molar-refractivity contribution is 0.121. The van der Waals surface area contributed by atoms with Gasteiger partial charge in [0, 0.05) is 38.4 Å². The fourth-order valence-electron chi connectivity index (χ4n) is 5.40. The Hall–Kier alpha value is -2.93. The first kappa shape index (κ1) is 28.6. The Morgan fingerprint density at radius 1 is 1.15 bits per heavy atom. The molecule has 4 aromatic rings. The zero-order valence-corrected chi connectivity index (χ0v) is 24.6. The van der Waals surface area contributed by atoms with Crippen molar-refractivity contribution in [3.05, 3.63) is 40.0 Å². The number of ether oxygens (including phenoxy) is 2. The second-order valence-electron chi connectivity index (χ2n) is 9.92. The average Bonchev–Trinajstić information content (AvgIpc) is 3.57. The van der Waals surface area contributed by atoms with Gasteiger partial charge in [-0.25, -0.2) is 17.6 Å². The SMILES string of the molecule is CCCn1c(=O)n2cnnc2c2[nH]c(-c3cc(S(=O)(=O)N4CCC(CCOCC)CC4)ccc3OCC)c(Cl)c21. The predicted molar refractivity (Wildman–Crippen MR) is 154 cm³/mol. The minimum absolute atomic E-state index is 0.159. The number of sulfonamides is 1. The van der Waals surface area contributed by atoms with Crippen LogP contribution in [0.1, 0.15) is 46.5 Å². The van der Waals surface area contributed by atoms with Crippen molar-refractivity contribution in [1.82, 2.24) is 28.5 Å². The van der Waals surface area contributed by atoms with E-state index >= 15 is 0 Å². The molecule has 11 nitrogen and oxygen atoms in total.